The second-order valence-corrected chi connectivity index (χ2v) is 5.22. The van der Waals surface area contributed by atoms with Gasteiger partial charge in [0, 0.05) is 24.6 Å². The highest BCUT2D eigenvalue weighted by molar-refractivity contribution is 5.76. The van der Waals surface area contributed by atoms with Crippen molar-refractivity contribution in [3.63, 3.8) is 0 Å². The summed E-state index contributed by atoms with van der Waals surface area (Å²) < 4.78 is 5.58. The summed E-state index contributed by atoms with van der Waals surface area (Å²) in [5.41, 5.74) is 5.39. The minimum absolute atomic E-state index is 0.801. The first-order valence-electron chi connectivity index (χ1n) is 7.22. The van der Waals surface area contributed by atoms with Crippen LogP contribution in [0.1, 0.15) is 29.4 Å². The second-order valence-electron chi connectivity index (χ2n) is 5.22. The van der Waals surface area contributed by atoms with Gasteiger partial charge < -0.3 is 10.1 Å². The van der Waals surface area contributed by atoms with Gasteiger partial charge in [0.2, 0.25) is 0 Å². The van der Waals surface area contributed by atoms with Crippen molar-refractivity contribution in [1.29, 1.82) is 0 Å². The molecular formula is C17H23N3O. The molecule has 0 amide bonds. The first kappa shape index (κ1) is 15.3. The van der Waals surface area contributed by atoms with Gasteiger partial charge in [0.1, 0.15) is 17.4 Å². The van der Waals surface area contributed by atoms with Gasteiger partial charge >= 0.3 is 0 Å². The predicted molar refractivity (Wildman–Crippen MR) is 87.2 cm³/mol. The van der Waals surface area contributed by atoms with E-state index in [0.717, 1.165) is 46.2 Å². The number of hydrogen-bond acceptors (Lipinski definition) is 4. The fourth-order valence-electron chi connectivity index (χ4n) is 2.60. The molecule has 0 atom stereocenters. The van der Waals surface area contributed by atoms with Crippen molar-refractivity contribution in [2.24, 2.45) is 0 Å². The second kappa shape index (κ2) is 6.12. The molecule has 4 nitrogen and oxygen atoms in total. The standard InChI is InChI=1S/C17H23N3O/c1-7-14-19-16(12(4)17(18-5)20-14)15-11(3)8-10(2)9-13(15)21-6/h8-9H,7H2,1-6H3,(H,18,19,20). The lowest BCUT2D eigenvalue weighted by atomic mass is 9.98. The number of rotatable bonds is 4. The molecule has 2 rings (SSSR count). The van der Waals surface area contributed by atoms with Gasteiger partial charge in [-0.05, 0) is 38.0 Å². The number of hydrogen-bond donors (Lipinski definition) is 1. The normalized spacial score (nSPS) is 10.6. The van der Waals surface area contributed by atoms with Crippen LogP contribution in [-0.2, 0) is 6.42 Å². The average molecular weight is 285 g/mol. The molecule has 4 heteroatoms. The van der Waals surface area contributed by atoms with E-state index in [0.29, 0.717) is 0 Å². The molecule has 0 bridgehead atoms. The third kappa shape index (κ3) is 2.84. The Kier molecular flexibility index (Phi) is 4.46. The van der Waals surface area contributed by atoms with E-state index in [4.69, 9.17) is 9.72 Å². The quantitative estimate of drug-likeness (QED) is 0.931. The van der Waals surface area contributed by atoms with Crippen molar-refractivity contribution in [2.75, 3.05) is 19.5 Å². The third-order valence-electron chi connectivity index (χ3n) is 3.65. The number of ether oxygens (including phenoxy) is 1. The minimum atomic E-state index is 0.801. The van der Waals surface area contributed by atoms with Gasteiger partial charge in [-0.15, -0.1) is 0 Å². The van der Waals surface area contributed by atoms with Crippen molar-refractivity contribution < 1.29 is 4.74 Å². The van der Waals surface area contributed by atoms with Crippen LogP contribution < -0.4 is 10.1 Å². The van der Waals surface area contributed by atoms with Gasteiger partial charge in [-0.3, -0.25) is 0 Å². The van der Waals surface area contributed by atoms with Crippen molar-refractivity contribution in [3.05, 3.63) is 34.6 Å². The maximum absolute atomic E-state index is 5.58. The molecule has 0 aliphatic carbocycles. The highest BCUT2D eigenvalue weighted by Crippen LogP contribution is 2.36. The lowest BCUT2D eigenvalue weighted by molar-refractivity contribution is 0.415. The smallest absolute Gasteiger partial charge is 0.133 e. The molecule has 0 saturated heterocycles. The first-order chi connectivity index (χ1) is 10.0. The zero-order valence-corrected chi connectivity index (χ0v) is 13.7. The highest BCUT2D eigenvalue weighted by Gasteiger charge is 2.17. The molecular weight excluding hydrogens is 262 g/mol. The van der Waals surface area contributed by atoms with Gasteiger partial charge in [-0.2, -0.15) is 0 Å². The molecule has 0 spiro atoms. The Morgan fingerprint density at radius 3 is 2.43 bits per heavy atom. The minimum Gasteiger partial charge on any atom is -0.496 e. The number of benzene rings is 1. The lowest BCUT2D eigenvalue weighted by Crippen LogP contribution is -2.06. The van der Waals surface area contributed by atoms with Crippen LogP contribution in [0.4, 0.5) is 5.82 Å². The number of aryl methyl sites for hydroxylation is 3. The number of nitrogens with zero attached hydrogens (tertiary/aromatic N) is 2. The van der Waals surface area contributed by atoms with Gasteiger partial charge in [-0.1, -0.05) is 13.0 Å². The lowest BCUT2D eigenvalue weighted by Gasteiger charge is -2.17. The van der Waals surface area contributed by atoms with E-state index >= 15 is 0 Å². The molecule has 0 radical (unpaired) electrons. The van der Waals surface area contributed by atoms with Crippen LogP contribution in [0.5, 0.6) is 5.75 Å². The monoisotopic (exact) mass is 285 g/mol. The van der Waals surface area contributed by atoms with Crippen LogP contribution in [0, 0.1) is 20.8 Å². The zero-order chi connectivity index (χ0) is 15.6. The summed E-state index contributed by atoms with van der Waals surface area (Å²) in [4.78, 5) is 9.27. The molecule has 0 fully saturated rings. The summed E-state index contributed by atoms with van der Waals surface area (Å²) in [5, 5.41) is 3.16. The topological polar surface area (TPSA) is 47.0 Å². The van der Waals surface area contributed by atoms with Gasteiger partial charge in [-0.25, -0.2) is 9.97 Å². The Morgan fingerprint density at radius 2 is 1.86 bits per heavy atom. The predicted octanol–water partition coefficient (Wildman–Crippen LogP) is 3.68. The van der Waals surface area contributed by atoms with E-state index < -0.39 is 0 Å². The molecule has 112 valence electrons. The molecule has 0 aliphatic heterocycles. The van der Waals surface area contributed by atoms with E-state index in [1.54, 1.807) is 7.11 Å². The maximum atomic E-state index is 5.58. The van der Waals surface area contributed by atoms with E-state index in [-0.39, 0.29) is 0 Å². The Bertz CT molecular complexity index is 666. The molecule has 2 aromatic rings. The van der Waals surface area contributed by atoms with E-state index in [2.05, 4.69) is 43.2 Å². The van der Waals surface area contributed by atoms with Crippen LogP contribution in [0.25, 0.3) is 11.3 Å². The van der Waals surface area contributed by atoms with Crippen molar-refractivity contribution in [2.45, 2.75) is 34.1 Å². The highest BCUT2D eigenvalue weighted by atomic mass is 16.5. The Balaban J connectivity index is 2.77. The summed E-state index contributed by atoms with van der Waals surface area (Å²) in [6.07, 6.45) is 0.801. The van der Waals surface area contributed by atoms with Crippen LogP contribution in [-0.4, -0.2) is 24.1 Å². The van der Waals surface area contributed by atoms with Gasteiger partial charge in [0.05, 0.1) is 12.8 Å². The van der Waals surface area contributed by atoms with E-state index in [1.165, 1.54) is 5.56 Å². The fraction of sp³-hybridized carbons (Fsp3) is 0.412. The fourth-order valence-corrected chi connectivity index (χ4v) is 2.60. The number of anilines is 1. The molecule has 0 unspecified atom stereocenters. The third-order valence-corrected chi connectivity index (χ3v) is 3.65. The molecule has 1 aromatic heterocycles. The molecule has 1 N–H and O–H groups in total. The molecule has 0 saturated carbocycles. The summed E-state index contributed by atoms with van der Waals surface area (Å²) in [6, 6.07) is 4.21. The first-order valence-corrected chi connectivity index (χ1v) is 7.22. The van der Waals surface area contributed by atoms with Gasteiger partial charge in [0.15, 0.2) is 0 Å². The van der Waals surface area contributed by atoms with Crippen molar-refractivity contribution in [3.8, 4) is 17.0 Å². The molecule has 21 heavy (non-hydrogen) atoms. The number of methoxy groups -OCH3 is 1. The zero-order valence-electron chi connectivity index (χ0n) is 13.7. The van der Waals surface area contributed by atoms with Crippen LogP contribution >= 0.6 is 0 Å². The van der Waals surface area contributed by atoms with E-state index in [9.17, 15) is 0 Å². The summed E-state index contributed by atoms with van der Waals surface area (Å²) in [6.45, 7) is 8.27. The van der Waals surface area contributed by atoms with Crippen molar-refractivity contribution in [1.82, 2.24) is 9.97 Å². The largest absolute Gasteiger partial charge is 0.496 e. The Hall–Kier alpha value is -2.10. The summed E-state index contributed by atoms with van der Waals surface area (Å²) in [5.74, 6) is 2.57. The maximum Gasteiger partial charge on any atom is 0.133 e. The molecule has 1 heterocycles. The Labute approximate surface area is 126 Å². The summed E-state index contributed by atoms with van der Waals surface area (Å²) >= 11 is 0. The van der Waals surface area contributed by atoms with Crippen LogP contribution in [0.2, 0.25) is 0 Å². The van der Waals surface area contributed by atoms with Crippen LogP contribution in [0.15, 0.2) is 12.1 Å². The van der Waals surface area contributed by atoms with E-state index in [1.807, 2.05) is 14.0 Å². The Morgan fingerprint density at radius 1 is 1.14 bits per heavy atom. The number of nitrogens with one attached hydrogen (secondary N) is 1. The SMILES string of the molecule is CCc1nc(NC)c(C)c(-c2c(C)cc(C)cc2OC)n1. The number of aromatic nitrogens is 2. The average Bonchev–Trinajstić information content (AvgIpc) is 2.47. The van der Waals surface area contributed by atoms with Gasteiger partial charge in [0.25, 0.3) is 0 Å². The van der Waals surface area contributed by atoms with Crippen LogP contribution in [0.3, 0.4) is 0 Å². The molecule has 0 aliphatic rings. The summed E-state index contributed by atoms with van der Waals surface area (Å²) in [7, 11) is 3.59. The van der Waals surface area contributed by atoms with Crippen molar-refractivity contribution >= 4 is 5.82 Å². The molecule has 1 aromatic carbocycles.